The molecule has 1 aromatic carbocycles. The van der Waals surface area contributed by atoms with Gasteiger partial charge in [0, 0.05) is 11.8 Å². The van der Waals surface area contributed by atoms with Crippen LogP contribution in [0.3, 0.4) is 0 Å². The van der Waals surface area contributed by atoms with Crippen LogP contribution in [-0.2, 0) is 9.84 Å². The van der Waals surface area contributed by atoms with E-state index >= 15 is 0 Å². The van der Waals surface area contributed by atoms with E-state index in [4.69, 9.17) is 0 Å². The van der Waals surface area contributed by atoms with Gasteiger partial charge in [0.2, 0.25) is 0 Å². The second-order valence-corrected chi connectivity index (χ2v) is 6.37. The first-order chi connectivity index (χ1) is 9.47. The highest BCUT2D eigenvalue weighted by Crippen LogP contribution is 2.25. The zero-order valence-corrected chi connectivity index (χ0v) is 11.3. The van der Waals surface area contributed by atoms with Crippen LogP contribution in [0.2, 0.25) is 0 Å². The number of halogens is 1. The van der Waals surface area contributed by atoms with E-state index in [1.807, 2.05) is 0 Å². The topological polar surface area (TPSA) is 64.3 Å². The summed E-state index contributed by atoms with van der Waals surface area (Å²) < 4.78 is 38.3. The maximum absolute atomic E-state index is 13.9. The first kappa shape index (κ1) is 12.7. The van der Waals surface area contributed by atoms with Gasteiger partial charge in [-0.2, -0.15) is 5.10 Å². The number of hydrogen-bond acceptors (Lipinski definition) is 4. The fraction of sp³-hybridized carbons (Fsp3) is 0.0769. The molecule has 20 heavy (non-hydrogen) atoms. The minimum atomic E-state index is -3.57. The molecule has 0 radical (unpaired) electrons. The Balaban J connectivity index is 2.19. The summed E-state index contributed by atoms with van der Waals surface area (Å²) in [6.45, 7) is 0. The third-order valence-electron chi connectivity index (χ3n) is 2.95. The number of nitrogens with zero attached hydrogens (tertiary/aromatic N) is 3. The fourth-order valence-corrected chi connectivity index (χ4v) is 2.77. The molecule has 0 bridgehead atoms. The molecule has 5 nitrogen and oxygen atoms in total. The van der Waals surface area contributed by atoms with Crippen LogP contribution < -0.4 is 0 Å². The lowest BCUT2D eigenvalue weighted by molar-refractivity contribution is 0.571. The Labute approximate surface area is 114 Å². The average Bonchev–Trinajstić information content (AvgIpc) is 2.80. The zero-order valence-electron chi connectivity index (χ0n) is 10.5. The van der Waals surface area contributed by atoms with Crippen LogP contribution in [0.15, 0.2) is 47.8 Å². The Hall–Kier alpha value is -2.28. The maximum atomic E-state index is 13.9. The van der Waals surface area contributed by atoms with Gasteiger partial charge in [0.1, 0.15) is 17.0 Å². The van der Waals surface area contributed by atoms with Crippen molar-refractivity contribution in [2.45, 2.75) is 4.90 Å². The van der Waals surface area contributed by atoms with Gasteiger partial charge < -0.3 is 0 Å². The molecule has 0 N–H and O–H groups in total. The van der Waals surface area contributed by atoms with Gasteiger partial charge in [-0.05, 0) is 24.3 Å². The highest BCUT2D eigenvalue weighted by atomic mass is 32.2. The van der Waals surface area contributed by atoms with Crippen molar-refractivity contribution in [3.05, 3.63) is 48.7 Å². The summed E-state index contributed by atoms with van der Waals surface area (Å²) in [5.74, 6) is -0.769. The van der Waals surface area contributed by atoms with Gasteiger partial charge in [0.25, 0.3) is 0 Å². The molecule has 0 aliphatic heterocycles. The van der Waals surface area contributed by atoms with Crippen LogP contribution in [-0.4, -0.2) is 29.3 Å². The summed E-state index contributed by atoms with van der Waals surface area (Å²) in [5.41, 5.74) is 1.99. The van der Waals surface area contributed by atoms with E-state index in [1.165, 1.54) is 18.5 Å². The molecular weight excluding hydrogens is 281 g/mol. The number of rotatable bonds is 2. The molecule has 0 spiro atoms. The van der Waals surface area contributed by atoms with Crippen LogP contribution >= 0.6 is 0 Å². The third kappa shape index (κ3) is 2.05. The molecule has 0 atom stereocenters. The SMILES string of the molecule is CS(=O)(=O)c1ccc(-c2ccc3cncnn23)cc1F. The average molecular weight is 291 g/mol. The second-order valence-electron chi connectivity index (χ2n) is 4.38. The molecule has 2 aromatic heterocycles. The predicted molar refractivity (Wildman–Crippen MR) is 71.5 cm³/mol. The molecule has 0 fully saturated rings. The number of benzene rings is 1. The lowest BCUT2D eigenvalue weighted by Crippen LogP contribution is -2.01. The van der Waals surface area contributed by atoms with Crippen LogP contribution in [0.25, 0.3) is 16.8 Å². The normalized spacial score (nSPS) is 11.9. The molecule has 3 rings (SSSR count). The molecule has 7 heteroatoms. The van der Waals surface area contributed by atoms with E-state index < -0.39 is 15.7 Å². The summed E-state index contributed by atoms with van der Waals surface area (Å²) in [6.07, 6.45) is 4.00. The minimum absolute atomic E-state index is 0.309. The quantitative estimate of drug-likeness (QED) is 0.724. The molecule has 2 heterocycles. The molecule has 102 valence electrons. The maximum Gasteiger partial charge on any atom is 0.178 e. The summed E-state index contributed by atoms with van der Waals surface area (Å²) in [5, 5.41) is 4.08. The van der Waals surface area contributed by atoms with Gasteiger partial charge in [-0.25, -0.2) is 22.3 Å². The van der Waals surface area contributed by atoms with Gasteiger partial charge in [-0.1, -0.05) is 6.07 Å². The van der Waals surface area contributed by atoms with E-state index in [-0.39, 0.29) is 4.90 Å². The number of fused-ring (bicyclic) bond motifs is 1. The van der Waals surface area contributed by atoms with Crippen LogP contribution in [0.1, 0.15) is 0 Å². The van der Waals surface area contributed by atoms with Gasteiger partial charge in [0.15, 0.2) is 9.84 Å². The number of aromatic nitrogens is 3. The van der Waals surface area contributed by atoms with Crippen molar-refractivity contribution in [2.75, 3.05) is 6.26 Å². The van der Waals surface area contributed by atoms with Crippen molar-refractivity contribution < 1.29 is 12.8 Å². The molecule has 0 aliphatic carbocycles. The van der Waals surface area contributed by atoms with Crippen molar-refractivity contribution in [2.24, 2.45) is 0 Å². The highest BCUT2D eigenvalue weighted by molar-refractivity contribution is 7.90. The second kappa shape index (κ2) is 4.38. The minimum Gasteiger partial charge on any atom is -0.241 e. The Kier molecular flexibility index (Phi) is 2.79. The Bertz CT molecular complexity index is 903. The molecule has 0 saturated carbocycles. The predicted octanol–water partition coefficient (Wildman–Crippen LogP) is 1.94. The highest BCUT2D eigenvalue weighted by Gasteiger charge is 2.15. The van der Waals surface area contributed by atoms with Gasteiger partial charge in [0.05, 0.1) is 17.4 Å². The van der Waals surface area contributed by atoms with Gasteiger partial charge >= 0.3 is 0 Å². The fourth-order valence-electron chi connectivity index (χ4n) is 2.04. The van der Waals surface area contributed by atoms with E-state index in [0.717, 1.165) is 11.8 Å². The monoisotopic (exact) mass is 291 g/mol. The first-order valence-electron chi connectivity index (χ1n) is 5.74. The van der Waals surface area contributed by atoms with E-state index in [2.05, 4.69) is 10.1 Å². The van der Waals surface area contributed by atoms with E-state index in [9.17, 15) is 12.8 Å². The zero-order chi connectivity index (χ0) is 14.3. The van der Waals surface area contributed by atoms with E-state index in [1.54, 1.807) is 28.9 Å². The lowest BCUT2D eigenvalue weighted by Gasteiger charge is -2.05. The van der Waals surface area contributed by atoms with Crippen molar-refractivity contribution in [1.29, 1.82) is 0 Å². The van der Waals surface area contributed by atoms with Crippen molar-refractivity contribution in [3.63, 3.8) is 0 Å². The van der Waals surface area contributed by atoms with Crippen molar-refractivity contribution >= 4 is 15.4 Å². The Morgan fingerprint density at radius 1 is 1.20 bits per heavy atom. The van der Waals surface area contributed by atoms with Crippen LogP contribution in [0.4, 0.5) is 4.39 Å². The molecular formula is C13H10FN3O2S. The number of sulfone groups is 1. The van der Waals surface area contributed by atoms with E-state index in [0.29, 0.717) is 11.3 Å². The van der Waals surface area contributed by atoms with Crippen molar-refractivity contribution in [3.8, 4) is 11.3 Å². The largest absolute Gasteiger partial charge is 0.241 e. The third-order valence-corrected chi connectivity index (χ3v) is 4.08. The van der Waals surface area contributed by atoms with Crippen LogP contribution in [0.5, 0.6) is 0 Å². The van der Waals surface area contributed by atoms with Crippen molar-refractivity contribution in [1.82, 2.24) is 14.6 Å². The molecule has 3 aromatic rings. The summed E-state index contributed by atoms with van der Waals surface area (Å²) in [6, 6.07) is 7.60. The van der Waals surface area contributed by atoms with Crippen LogP contribution in [0, 0.1) is 5.82 Å². The summed E-state index contributed by atoms with van der Waals surface area (Å²) >= 11 is 0. The Morgan fingerprint density at radius 3 is 2.70 bits per heavy atom. The molecule has 0 unspecified atom stereocenters. The van der Waals surface area contributed by atoms with Gasteiger partial charge in [-0.3, -0.25) is 0 Å². The molecule has 0 amide bonds. The summed E-state index contributed by atoms with van der Waals surface area (Å²) in [4.78, 5) is 3.59. The number of hydrogen-bond donors (Lipinski definition) is 0. The smallest absolute Gasteiger partial charge is 0.178 e. The summed E-state index contributed by atoms with van der Waals surface area (Å²) in [7, 11) is -3.57. The lowest BCUT2D eigenvalue weighted by atomic mass is 10.1. The molecule has 0 saturated heterocycles. The molecule has 0 aliphatic rings. The standard InChI is InChI=1S/C13H10FN3O2S/c1-20(18,19)13-5-2-9(6-11(13)14)12-4-3-10-7-15-8-16-17(10)12/h2-8H,1H3. The first-order valence-corrected chi connectivity index (χ1v) is 7.64. The Morgan fingerprint density at radius 2 is 2.00 bits per heavy atom. The van der Waals surface area contributed by atoms with Gasteiger partial charge in [-0.15, -0.1) is 0 Å².